The zero-order valence-electron chi connectivity index (χ0n) is 14.2. The Bertz CT molecular complexity index is 833. The quantitative estimate of drug-likeness (QED) is 0.540. The minimum absolute atomic E-state index is 0.198. The molecule has 26 heavy (non-hydrogen) atoms. The molecular weight excluding hydrogens is 354 g/mol. The Kier molecular flexibility index (Phi) is 5.38. The van der Waals surface area contributed by atoms with Crippen LogP contribution in [0.2, 0.25) is 0 Å². The summed E-state index contributed by atoms with van der Waals surface area (Å²) in [7, 11) is -2.46. The SMILES string of the molecule is CCC(=O)OS(c1ccccc1)(c1ccc(F)cc1)c1ccc(F)cc1. The number of carbonyl (C=O) groups excluding carboxylic acids is 1. The topological polar surface area (TPSA) is 26.3 Å². The maximum absolute atomic E-state index is 13.5. The number of hydrogen-bond acceptors (Lipinski definition) is 2. The first kappa shape index (κ1) is 18.1. The van der Waals surface area contributed by atoms with E-state index in [1.165, 1.54) is 24.3 Å². The van der Waals surface area contributed by atoms with Crippen molar-refractivity contribution in [2.45, 2.75) is 28.0 Å². The fourth-order valence-corrected chi connectivity index (χ4v) is 5.70. The summed E-state index contributed by atoms with van der Waals surface area (Å²) in [5, 5.41) is 0. The maximum atomic E-state index is 13.5. The Morgan fingerprint density at radius 3 is 1.62 bits per heavy atom. The van der Waals surface area contributed by atoms with Gasteiger partial charge in [0.2, 0.25) is 0 Å². The molecule has 0 atom stereocenters. The fourth-order valence-electron chi connectivity index (χ4n) is 2.62. The average molecular weight is 372 g/mol. The third kappa shape index (κ3) is 3.48. The second kappa shape index (κ2) is 7.70. The molecule has 0 aromatic heterocycles. The minimum atomic E-state index is -2.46. The summed E-state index contributed by atoms with van der Waals surface area (Å²) in [6.07, 6.45) is 0.198. The standard InChI is InChI=1S/C21H18F2O2S/c1-2-21(24)25-26(18-6-4-3-5-7-18,19-12-8-16(22)9-13-19)20-14-10-17(23)11-15-20/h3-15H,2H2,1H3. The monoisotopic (exact) mass is 372 g/mol. The summed E-state index contributed by atoms with van der Waals surface area (Å²) >= 11 is 0. The molecule has 0 unspecified atom stereocenters. The molecule has 0 aliphatic heterocycles. The highest BCUT2D eigenvalue weighted by atomic mass is 32.3. The molecule has 0 aliphatic rings. The van der Waals surface area contributed by atoms with E-state index in [1.54, 1.807) is 31.2 Å². The summed E-state index contributed by atoms with van der Waals surface area (Å²) < 4.78 is 33.1. The molecule has 0 amide bonds. The second-order valence-corrected chi connectivity index (χ2v) is 8.28. The van der Waals surface area contributed by atoms with Gasteiger partial charge in [0.1, 0.15) is 11.6 Å². The lowest BCUT2D eigenvalue weighted by Gasteiger charge is -2.39. The van der Waals surface area contributed by atoms with Gasteiger partial charge in [-0.1, -0.05) is 25.1 Å². The van der Waals surface area contributed by atoms with E-state index in [4.69, 9.17) is 4.18 Å². The highest BCUT2D eigenvalue weighted by Crippen LogP contribution is 2.69. The molecule has 3 aromatic rings. The van der Waals surface area contributed by atoms with Crippen LogP contribution in [0.1, 0.15) is 13.3 Å². The predicted octanol–water partition coefficient (Wildman–Crippen LogP) is 6.11. The van der Waals surface area contributed by atoms with Gasteiger partial charge in [0.15, 0.2) is 0 Å². The van der Waals surface area contributed by atoms with E-state index in [1.807, 2.05) is 30.3 Å². The van der Waals surface area contributed by atoms with Gasteiger partial charge < -0.3 is 4.18 Å². The van der Waals surface area contributed by atoms with Crippen molar-refractivity contribution in [3.05, 3.63) is 90.5 Å². The van der Waals surface area contributed by atoms with Gasteiger partial charge >= 0.3 is 5.97 Å². The van der Waals surface area contributed by atoms with Crippen molar-refractivity contribution in [2.75, 3.05) is 0 Å². The van der Waals surface area contributed by atoms with E-state index < -0.39 is 10.3 Å². The van der Waals surface area contributed by atoms with Gasteiger partial charge in [0, 0.05) is 21.1 Å². The van der Waals surface area contributed by atoms with E-state index in [0.717, 1.165) is 4.90 Å². The molecule has 0 heterocycles. The Balaban J connectivity index is 2.31. The smallest absolute Gasteiger partial charge is 0.316 e. The largest absolute Gasteiger partial charge is 0.402 e. The summed E-state index contributed by atoms with van der Waals surface area (Å²) in [6, 6.07) is 21.1. The molecule has 3 rings (SSSR count). The number of halogens is 2. The molecule has 0 fully saturated rings. The van der Waals surface area contributed by atoms with Crippen LogP contribution in [0, 0.1) is 11.6 Å². The lowest BCUT2D eigenvalue weighted by molar-refractivity contribution is -0.133. The van der Waals surface area contributed by atoms with Gasteiger partial charge in [-0.05, 0) is 71.0 Å². The van der Waals surface area contributed by atoms with E-state index in [9.17, 15) is 13.6 Å². The average Bonchev–Trinajstić information content (AvgIpc) is 2.68. The molecule has 5 heteroatoms. The molecule has 0 bridgehead atoms. The predicted molar refractivity (Wildman–Crippen MR) is 98.0 cm³/mol. The van der Waals surface area contributed by atoms with Crippen molar-refractivity contribution in [1.82, 2.24) is 0 Å². The molecule has 0 N–H and O–H groups in total. The molecule has 3 aromatic carbocycles. The molecule has 134 valence electrons. The van der Waals surface area contributed by atoms with Gasteiger partial charge in [-0.3, -0.25) is 4.79 Å². The van der Waals surface area contributed by atoms with Crippen LogP contribution in [0.25, 0.3) is 0 Å². The third-order valence-corrected chi connectivity index (χ3v) is 7.12. The van der Waals surface area contributed by atoms with Crippen molar-refractivity contribution in [3.63, 3.8) is 0 Å². The van der Waals surface area contributed by atoms with Crippen molar-refractivity contribution in [2.24, 2.45) is 0 Å². The lowest BCUT2D eigenvalue weighted by Crippen LogP contribution is -2.13. The van der Waals surface area contributed by atoms with Crippen LogP contribution >= 0.6 is 10.3 Å². The highest BCUT2D eigenvalue weighted by molar-refractivity contribution is 8.30. The maximum Gasteiger partial charge on any atom is 0.316 e. The van der Waals surface area contributed by atoms with Gasteiger partial charge in [0.05, 0.1) is 0 Å². The van der Waals surface area contributed by atoms with Crippen LogP contribution in [-0.4, -0.2) is 5.97 Å². The van der Waals surface area contributed by atoms with E-state index in [2.05, 4.69) is 0 Å². The van der Waals surface area contributed by atoms with E-state index in [-0.39, 0.29) is 24.0 Å². The van der Waals surface area contributed by atoms with E-state index in [0.29, 0.717) is 9.79 Å². The third-order valence-electron chi connectivity index (χ3n) is 3.87. The fraction of sp³-hybridized carbons (Fsp3) is 0.0952. The van der Waals surface area contributed by atoms with Crippen molar-refractivity contribution < 1.29 is 17.8 Å². The lowest BCUT2D eigenvalue weighted by atomic mass is 10.3. The summed E-state index contributed by atoms with van der Waals surface area (Å²) in [5.41, 5.74) is 0. The summed E-state index contributed by atoms with van der Waals surface area (Å²) in [5.74, 6) is -1.13. The Labute approximate surface area is 153 Å². The van der Waals surface area contributed by atoms with Gasteiger partial charge in [0.25, 0.3) is 0 Å². The second-order valence-electron chi connectivity index (χ2n) is 5.59. The zero-order chi connectivity index (χ0) is 18.6. The minimum Gasteiger partial charge on any atom is -0.402 e. The number of rotatable bonds is 5. The van der Waals surface area contributed by atoms with Crippen LogP contribution in [0.15, 0.2) is 93.5 Å². The molecule has 0 spiro atoms. The molecule has 0 saturated carbocycles. The first-order valence-corrected chi connectivity index (χ1v) is 9.74. The molecule has 0 radical (unpaired) electrons. The van der Waals surface area contributed by atoms with Crippen LogP contribution in [-0.2, 0) is 8.98 Å². The van der Waals surface area contributed by atoms with Gasteiger partial charge in [-0.2, -0.15) is 0 Å². The Hall–Kier alpha value is -2.66. The Morgan fingerprint density at radius 1 is 0.769 bits per heavy atom. The number of hydrogen-bond donors (Lipinski definition) is 0. The normalized spacial score (nSPS) is 11.8. The highest BCUT2D eigenvalue weighted by Gasteiger charge is 2.35. The van der Waals surface area contributed by atoms with Crippen molar-refractivity contribution in [1.29, 1.82) is 0 Å². The summed E-state index contributed by atoms with van der Waals surface area (Å²) in [6.45, 7) is 1.72. The molecule has 0 aliphatic carbocycles. The van der Waals surface area contributed by atoms with Crippen LogP contribution in [0.5, 0.6) is 0 Å². The van der Waals surface area contributed by atoms with E-state index >= 15 is 0 Å². The summed E-state index contributed by atoms with van der Waals surface area (Å²) in [4.78, 5) is 14.4. The number of benzene rings is 3. The van der Waals surface area contributed by atoms with Gasteiger partial charge in [-0.25, -0.2) is 8.78 Å². The van der Waals surface area contributed by atoms with Crippen molar-refractivity contribution in [3.8, 4) is 0 Å². The Morgan fingerprint density at radius 2 is 1.19 bits per heavy atom. The zero-order valence-corrected chi connectivity index (χ0v) is 15.0. The van der Waals surface area contributed by atoms with Crippen molar-refractivity contribution >= 4 is 16.3 Å². The first-order chi connectivity index (χ1) is 12.6. The molecule has 0 saturated heterocycles. The van der Waals surface area contributed by atoms with Crippen LogP contribution in [0.4, 0.5) is 8.78 Å². The first-order valence-electron chi connectivity index (χ1n) is 8.18. The van der Waals surface area contributed by atoms with Crippen LogP contribution in [0.3, 0.4) is 0 Å². The van der Waals surface area contributed by atoms with Gasteiger partial charge in [-0.15, -0.1) is 0 Å². The van der Waals surface area contributed by atoms with Crippen LogP contribution < -0.4 is 0 Å². The number of carbonyl (C=O) groups is 1. The molecule has 2 nitrogen and oxygen atoms in total. The molecular formula is C21H18F2O2S.